The molecule has 8 heteroatoms. The summed E-state index contributed by atoms with van der Waals surface area (Å²) in [6, 6.07) is 0. The van der Waals surface area contributed by atoms with Crippen LogP contribution in [0.3, 0.4) is 0 Å². The van der Waals surface area contributed by atoms with Crippen LogP contribution in [0, 0.1) is 0 Å². The van der Waals surface area contributed by atoms with E-state index >= 15 is 0 Å². The summed E-state index contributed by atoms with van der Waals surface area (Å²) >= 11 is 0. The third kappa shape index (κ3) is 17.2. The van der Waals surface area contributed by atoms with Crippen molar-refractivity contribution in [1.82, 2.24) is 9.03 Å². The molecule has 0 fully saturated rings. The molecule has 0 aromatic heterocycles. The second-order valence-corrected chi connectivity index (χ2v) is 15.1. The summed E-state index contributed by atoms with van der Waals surface area (Å²) in [5, 5.41) is 0. The highest BCUT2D eigenvalue weighted by Gasteiger charge is 2.20. The van der Waals surface area contributed by atoms with E-state index in [2.05, 4.69) is 4.72 Å². The largest absolute Gasteiger partial charge is 0.259 e. The zero-order valence-corrected chi connectivity index (χ0v) is 20.3. The predicted molar refractivity (Wildman–Crippen MR) is 112 cm³/mol. The fourth-order valence-corrected chi connectivity index (χ4v) is 2.56. The van der Waals surface area contributed by atoms with Crippen molar-refractivity contribution in [3.8, 4) is 0 Å². The van der Waals surface area contributed by atoms with Crippen LogP contribution in [0.2, 0.25) is 0 Å². The Morgan fingerprint density at radius 2 is 1.00 bits per heavy atom. The molecule has 0 aliphatic heterocycles. The normalized spacial score (nSPS) is 16.2. The van der Waals surface area contributed by atoms with Crippen LogP contribution < -0.4 is 4.72 Å². The molecule has 3 atom stereocenters. The van der Waals surface area contributed by atoms with Gasteiger partial charge in [0.2, 0.25) is 0 Å². The van der Waals surface area contributed by atoms with Gasteiger partial charge in [-0.2, -0.15) is 0 Å². The molecule has 0 aliphatic carbocycles. The van der Waals surface area contributed by atoms with Gasteiger partial charge in [0.15, 0.2) is 0 Å². The van der Waals surface area contributed by atoms with Gasteiger partial charge in [-0.3, -0.25) is 4.21 Å². The molecule has 0 heterocycles. The molecule has 0 aromatic rings. The van der Waals surface area contributed by atoms with Crippen LogP contribution in [0.5, 0.6) is 0 Å². The zero-order valence-electron chi connectivity index (χ0n) is 17.9. The van der Waals surface area contributed by atoms with E-state index in [1.54, 1.807) is 17.6 Å². The van der Waals surface area contributed by atoms with E-state index in [-0.39, 0.29) is 14.2 Å². The first-order valence-corrected chi connectivity index (χ1v) is 11.6. The SMILES string of the molecule is CN(C)S(=O)C(C)(C)C.CNS(=O)C(C)(C)C.CS(=O)C(C)(C)C. The van der Waals surface area contributed by atoms with Crippen molar-refractivity contribution in [3.05, 3.63) is 0 Å². The van der Waals surface area contributed by atoms with E-state index in [9.17, 15) is 12.6 Å². The highest BCUT2D eigenvalue weighted by atomic mass is 32.2. The van der Waals surface area contributed by atoms with E-state index in [4.69, 9.17) is 0 Å². The van der Waals surface area contributed by atoms with Crippen molar-refractivity contribution in [1.29, 1.82) is 0 Å². The van der Waals surface area contributed by atoms with E-state index in [1.807, 2.05) is 76.4 Å². The lowest BCUT2D eigenvalue weighted by atomic mass is 10.3. The maximum Gasteiger partial charge on any atom is 0.0992 e. The molecule has 1 N–H and O–H groups in total. The van der Waals surface area contributed by atoms with E-state index in [0.29, 0.717) is 0 Å². The smallest absolute Gasteiger partial charge is 0.0992 e. The molecule has 5 nitrogen and oxygen atoms in total. The molecule has 0 aromatic carbocycles. The minimum atomic E-state index is -0.894. The molecule has 150 valence electrons. The van der Waals surface area contributed by atoms with Crippen molar-refractivity contribution in [3.63, 3.8) is 0 Å². The van der Waals surface area contributed by atoms with Crippen LogP contribution in [0.15, 0.2) is 0 Å². The quantitative estimate of drug-likeness (QED) is 0.769. The lowest BCUT2D eigenvalue weighted by Crippen LogP contribution is -2.32. The summed E-state index contributed by atoms with van der Waals surface area (Å²) in [5.41, 5.74) is 0. The van der Waals surface area contributed by atoms with Crippen LogP contribution in [0.1, 0.15) is 62.3 Å². The van der Waals surface area contributed by atoms with Gasteiger partial charge in [0.1, 0.15) is 0 Å². The topological polar surface area (TPSA) is 66.5 Å². The minimum Gasteiger partial charge on any atom is -0.259 e. The third-order valence-corrected chi connectivity index (χ3v) is 7.38. The second kappa shape index (κ2) is 11.9. The van der Waals surface area contributed by atoms with Crippen LogP contribution in [-0.4, -0.2) is 58.6 Å². The standard InChI is InChI=1S/C6H15NOS.C5H13NOS.C5H12OS/c1-6(2,3)9(8)7(4)5;1-5(2,3)8(7)6-4;1-5(2,3)7(4)6/h1-5H3;6H,1-4H3;1-4H3. The van der Waals surface area contributed by atoms with Crippen LogP contribution >= 0.6 is 0 Å². The fraction of sp³-hybridized carbons (Fsp3) is 1.00. The van der Waals surface area contributed by atoms with Gasteiger partial charge in [-0.15, -0.1) is 0 Å². The second-order valence-electron chi connectivity index (χ2n) is 8.33. The Morgan fingerprint density at radius 1 is 0.708 bits per heavy atom. The summed E-state index contributed by atoms with van der Waals surface area (Å²) in [7, 11) is 2.90. The monoisotopic (exact) mass is 404 g/mol. The Kier molecular flexibility index (Phi) is 14.4. The molecule has 0 rings (SSSR count). The molecule has 24 heavy (non-hydrogen) atoms. The Hall–Kier alpha value is 0.370. The first-order chi connectivity index (χ1) is 10.3. The van der Waals surface area contributed by atoms with Crippen molar-refractivity contribution < 1.29 is 12.6 Å². The fourth-order valence-electron chi connectivity index (χ4n) is 0.854. The molecule has 0 radical (unpaired) electrons. The van der Waals surface area contributed by atoms with Crippen LogP contribution in [-0.2, 0) is 32.8 Å². The number of nitrogens with zero attached hydrogens (tertiary/aromatic N) is 1. The molecule has 0 spiro atoms. The average Bonchev–Trinajstić information content (AvgIpc) is 2.34. The van der Waals surface area contributed by atoms with Gasteiger partial charge in [0.05, 0.1) is 31.5 Å². The van der Waals surface area contributed by atoms with Gasteiger partial charge in [0.25, 0.3) is 0 Å². The molecule has 0 saturated carbocycles. The molecule has 0 bridgehead atoms. The van der Waals surface area contributed by atoms with Crippen molar-refractivity contribution in [2.45, 2.75) is 76.6 Å². The predicted octanol–water partition coefficient (Wildman–Crippen LogP) is 2.84. The lowest BCUT2D eigenvalue weighted by molar-refractivity contribution is 0.567. The van der Waals surface area contributed by atoms with Crippen LogP contribution in [0.25, 0.3) is 0 Å². The van der Waals surface area contributed by atoms with Gasteiger partial charge in [-0.25, -0.2) is 17.4 Å². The lowest BCUT2D eigenvalue weighted by Gasteiger charge is -2.21. The van der Waals surface area contributed by atoms with Crippen molar-refractivity contribution in [2.75, 3.05) is 27.4 Å². The van der Waals surface area contributed by atoms with Gasteiger partial charge in [-0.05, 0) is 83.5 Å². The summed E-state index contributed by atoms with van der Waals surface area (Å²) in [4.78, 5) is 0. The highest BCUT2D eigenvalue weighted by molar-refractivity contribution is 7.85. The first-order valence-electron chi connectivity index (χ1n) is 7.80. The zero-order chi connectivity index (χ0) is 20.5. The van der Waals surface area contributed by atoms with E-state index in [1.165, 1.54) is 0 Å². The molecular weight excluding hydrogens is 364 g/mol. The molecule has 0 saturated heterocycles. The Bertz CT molecular complexity index is 418. The van der Waals surface area contributed by atoms with E-state index < -0.39 is 32.8 Å². The van der Waals surface area contributed by atoms with Gasteiger partial charge in [0, 0.05) is 21.8 Å². The third-order valence-electron chi connectivity index (χ3n) is 2.46. The number of nitrogens with one attached hydrogen (secondary N) is 1. The minimum absolute atomic E-state index is 0.0278. The summed E-state index contributed by atoms with van der Waals surface area (Å²) in [5.74, 6) is 0. The number of hydrogen-bond acceptors (Lipinski definition) is 3. The molecular formula is C16H40N2O3S3. The number of rotatable bonds is 2. The van der Waals surface area contributed by atoms with Crippen molar-refractivity contribution in [2.24, 2.45) is 0 Å². The summed E-state index contributed by atoms with van der Waals surface area (Å²) in [6.45, 7) is 17.6. The van der Waals surface area contributed by atoms with Gasteiger partial charge >= 0.3 is 0 Å². The Balaban J connectivity index is -0.000000278. The maximum absolute atomic E-state index is 11.2. The van der Waals surface area contributed by atoms with Crippen molar-refractivity contribution >= 4 is 32.8 Å². The number of hydrogen-bond donors (Lipinski definition) is 1. The maximum atomic E-state index is 11.2. The Labute approximate surface area is 158 Å². The van der Waals surface area contributed by atoms with Crippen LogP contribution in [0.4, 0.5) is 0 Å². The van der Waals surface area contributed by atoms with Gasteiger partial charge < -0.3 is 0 Å². The average molecular weight is 405 g/mol. The molecule has 0 amide bonds. The highest BCUT2D eigenvalue weighted by Crippen LogP contribution is 2.12. The Morgan fingerprint density at radius 3 is 1.00 bits per heavy atom. The first kappa shape index (κ1) is 29.1. The van der Waals surface area contributed by atoms with Gasteiger partial charge in [-0.1, -0.05) is 0 Å². The summed E-state index contributed by atoms with van der Waals surface area (Å²) in [6.07, 6.45) is 1.72. The summed E-state index contributed by atoms with van der Waals surface area (Å²) < 4.78 is 36.7. The molecule has 3 unspecified atom stereocenters. The molecule has 0 aliphatic rings. The van der Waals surface area contributed by atoms with E-state index in [0.717, 1.165) is 0 Å².